The lowest BCUT2D eigenvalue weighted by Crippen LogP contribution is -2.48. The molecule has 1 amide bonds. The van der Waals surface area contributed by atoms with Crippen molar-refractivity contribution in [3.05, 3.63) is 65.0 Å². The fourth-order valence-corrected chi connectivity index (χ4v) is 4.50. The molecule has 0 saturated carbocycles. The summed E-state index contributed by atoms with van der Waals surface area (Å²) >= 11 is 1.59. The summed E-state index contributed by atoms with van der Waals surface area (Å²) in [5.74, 6) is 1.08. The number of carbonyl (C=O) groups excluding carboxylic acids is 1. The molecule has 2 heterocycles. The molecule has 0 spiro atoms. The van der Waals surface area contributed by atoms with E-state index in [4.69, 9.17) is 4.74 Å². The molecule has 0 radical (unpaired) electrons. The Morgan fingerprint density at radius 3 is 2.48 bits per heavy atom. The number of thiophene rings is 1. The lowest BCUT2D eigenvalue weighted by molar-refractivity contribution is 0.0633. The van der Waals surface area contributed by atoms with Crippen LogP contribution in [0.5, 0.6) is 5.75 Å². The lowest BCUT2D eigenvalue weighted by atomic mass is 10.2. The minimum absolute atomic E-state index is 0.164. The topological polar surface area (TPSA) is 32.8 Å². The van der Waals surface area contributed by atoms with Crippen molar-refractivity contribution in [3.8, 4) is 5.75 Å². The van der Waals surface area contributed by atoms with Crippen LogP contribution in [0.4, 0.5) is 0 Å². The van der Waals surface area contributed by atoms with E-state index in [1.54, 1.807) is 11.3 Å². The standard InChI is InChI=1S/C22H24N2O2S/c1-2-26-19-9-7-17(8-10-19)16-23-11-13-24(14-12-23)22(25)21-15-18-5-3-4-6-20(18)27-21/h3-10,15H,2,11-14,16H2,1H3. The van der Waals surface area contributed by atoms with Gasteiger partial charge in [0, 0.05) is 37.4 Å². The molecule has 2 aromatic carbocycles. The normalized spacial score (nSPS) is 15.2. The fourth-order valence-electron chi connectivity index (χ4n) is 3.47. The average Bonchev–Trinajstić information content (AvgIpc) is 3.14. The number of fused-ring (bicyclic) bond motifs is 1. The molecule has 1 aromatic heterocycles. The van der Waals surface area contributed by atoms with E-state index in [2.05, 4.69) is 29.2 Å². The van der Waals surface area contributed by atoms with Gasteiger partial charge in [0.1, 0.15) is 5.75 Å². The first-order valence-corrected chi connectivity index (χ1v) is 10.3. The summed E-state index contributed by atoms with van der Waals surface area (Å²) in [6, 6.07) is 18.5. The summed E-state index contributed by atoms with van der Waals surface area (Å²) in [6.45, 7) is 6.97. The highest BCUT2D eigenvalue weighted by Crippen LogP contribution is 2.26. The maximum absolute atomic E-state index is 12.8. The van der Waals surface area contributed by atoms with Crippen LogP contribution >= 0.6 is 11.3 Å². The third-order valence-electron chi connectivity index (χ3n) is 4.94. The van der Waals surface area contributed by atoms with Crippen molar-refractivity contribution >= 4 is 27.3 Å². The van der Waals surface area contributed by atoms with Crippen LogP contribution < -0.4 is 4.74 Å². The van der Waals surface area contributed by atoms with Gasteiger partial charge in [-0.2, -0.15) is 0 Å². The number of nitrogens with zero attached hydrogens (tertiary/aromatic N) is 2. The van der Waals surface area contributed by atoms with Gasteiger partial charge in [0.25, 0.3) is 5.91 Å². The van der Waals surface area contributed by atoms with Gasteiger partial charge in [-0.1, -0.05) is 30.3 Å². The van der Waals surface area contributed by atoms with Crippen molar-refractivity contribution < 1.29 is 9.53 Å². The Morgan fingerprint density at radius 1 is 1.04 bits per heavy atom. The summed E-state index contributed by atoms with van der Waals surface area (Å²) in [5.41, 5.74) is 1.28. The minimum Gasteiger partial charge on any atom is -0.494 e. The zero-order valence-corrected chi connectivity index (χ0v) is 16.4. The van der Waals surface area contributed by atoms with Gasteiger partial charge in [0.05, 0.1) is 11.5 Å². The van der Waals surface area contributed by atoms with E-state index in [-0.39, 0.29) is 5.91 Å². The third kappa shape index (κ3) is 4.15. The van der Waals surface area contributed by atoms with Crippen LogP contribution in [0.2, 0.25) is 0 Å². The summed E-state index contributed by atoms with van der Waals surface area (Å²) in [5, 5.41) is 1.15. The van der Waals surface area contributed by atoms with Crippen LogP contribution in [-0.4, -0.2) is 48.5 Å². The third-order valence-corrected chi connectivity index (χ3v) is 6.04. The van der Waals surface area contributed by atoms with E-state index < -0.39 is 0 Å². The SMILES string of the molecule is CCOc1ccc(CN2CCN(C(=O)c3cc4ccccc4s3)CC2)cc1. The van der Waals surface area contributed by atoms with Crippen molar-refractivity contribution in [3.63, 3.8) is 0 Å². The Kier molecular flexibility index (Phi) is 5.41. The molecule has 0 atom stereocenters. The summed E-state index contributed by atoms with van der Waals surface area (Å²) in [4.78, 5) is 18.1. The van der Waals surface area contributed by atoms with E-state index in [9.17, 15) is 4.79 Å². The molecular weight excluding hydrogens is 356 g/mol. The molecule has 27 heavy (non-hydrogen) atoms. The number of piperazine rings is 1. The van der Waals surface area contributed by atoms with Crippen LogP contribution in [0.3, 0.4) is 0 Å². The zero-order valence-electron chi connectivity index (χ0n) is 15.6. The monoisotopic (exact) mass is 380 g/mol. The predicted octanol–water partition coefficient (Wildman–Crippen LogP) is 4.26. The number of benzene rings is 2. The van der Waals surface area contributed by atoms with Crippen molar-refractivity contribution in [2.24, 2.45) is 0 Å². The lowest BCUT2D eigenvalue weighted by Gasteiger charge is -2.34. The second kappa shape index (κ2) is 8.11. The molecule has 0 N–H and O–H groups in total. The second-order valence-corrected chi connectivity index (χ2v) is 7.88. The maximum atomic E-state index is 12.8. The first-order chi connectivity index (χ1) is 13.2. The number of hydrogen-bond donors (Lipinski definition) is 0. The highest BCUT2D eigenvalue weighted by atomic mass is 32.1. The minimum atomic E-state index is 0.164. The van der Waals surface area contributed by atoms with Gasteiger partial charge < -0.3 is 9.64 Å². The van der Waals surface area contributed by atoms with Crippen LogP contribution in [-0.2, 0) is 6.54 Å². The molecule has 1 aliphatic heterocycles. The smallest absolute Gasteiger partial charge is 0.264 e. The molecule has 1 fully saturated rings. The molecule has 1 saturated heterocycles. The van der Waals surface area contributed by atoms with Crippen molar-refractivity contribution in [1.82, 2.24) is 9.80 Å². The molecule has 3 aromatic rings. The number of hydrogen-bond acceptors (Lipinski definition) is 4. The van der Waals surface area contributed by atoms with E-state index in [0.717, 1.165) is 48.7 Å². The quantitative estimate of drug-likeness (QED) is 0.663. The largest absolute Gasteiger partial charge is 0.494 e. The maximum Gasteiger partial charge on any atom is 0.264 e. The molecule has 0 unspecified atom stereocenters. The van der Waals surface area contributed by atoms with Gasteiger partial charge in [0.15, 0.2) is 0 Å². The molecule has 5 heteroatoms. The number of ether oxygens (including phenoxy) is 1. The van der Waals surface area contributed by atoms with Gasteiger partial charge in [-0.25, -0.2) is 0 Å². The Balaban J connectivity index is 1.33. The number of carbonyl (C=O) groups is 1. The van der Waals surface area contributed by atoms with Crippen molar-refractivity contribution in [1.29, 1.82) is 0 Å². The molecule has 0 aliphatic carbocycles. The van der Waals surface area contributed by atoms with E-state index >= 15 is 0 Å². The Labute approximate surface area is 164 Å². The van der Waals surface area contributed by atoms with Crippen LogP contribution in [0.1, 0.15) is 22.2 Å². The first-order valence-electron chi connectivity index (χ1n) is 9.45. The van der Waals surface area contributed by atoms with Crippen LogP contribution in [0.15, 0.2) is 54.6 Å². The Bertz CT molecular complexity index is 878. The van der Waals surface area contributed by atoms with Gasteiger partial charge in [-0.15, -0.1) is 11.3 Å². The Hall–Kier alpha value is -2.37. The van der Waals surface area contributed by atoms with E-state index in [1.807, 2.05) is 42.2 Å². The molecule has 4 nitrogen and oxygen atoms in total. The molecular formula is C22H24N2O2S. The predicted molar refractivity (Wildman–Crippen MR) is 111 cm³/mol. The van der Waals surface area contributed by atoms with E-state index in [0.29, 0.717) is 6.61 Å². The highest BCUT2D eigenvalue weighted by molar-refractivity contribution is 7.20. The molecule has 4 rings (SSSR count). The average molecular weight is 381 g/mol. The number of rotatable bonds is 5. The Morgan fingerprint density at radius 2 is 1.78 bits per heavy atom. The van der Waals surface area contributed by atoms with E-state index in [1.165, 1.54) is 10.3 Å². The molecule has 0 bridgehead atoms. The zero-order chi connectivity index (χ0) is 18.6. The van der Waals surface area contributed by atoms with Gasteiger partial charge in [-0.05, 0) is 42.1 Å². The van der Waals surface area contributed by atoms with Gasteiger partial charge >= 0.3 is 0 Å². The summed E-state index contributed by atoms with van der Waals surface area (Å²) < 4.78 is 6.67. The van der Waals surface area contributed by atoms with Crippen LogP contribution in [0.25, 0.3) is 10.1 Å². The summed E-state index contributed by atoms with van der Waals surface area (Å²) in [6.07, 6.45) is 0. The highest BCUT2D eigenvalue weighted by Gasteiger charge is 2.23. The van der Waals surface area contributed by atoms with Crippen LogP contribution in [0, 0.1) is 0 Å². The summed E-state index contributed by atoms with van der Waals surface area (Å²) in [7, 11) is 0. The van der Waals surface area contributed by atoms with Crippen molar-refractivity contribution in [2.75, 3.05) is 32.8 Å². The van der Waals surface area contributed by atoms with Gasteiger partial charge in [-0.3, -0.25) is 9.69 Å². The fraction of sp³-hybridized carbons (Fsp3) is 0.318. The second-order valence-electron chi connectivity index (χ2n) is 6.79. The number of amides is 1. The molecule has 1 aliphatic rings. The van der Waals surface area contributed by atoms with Crippen molar-refractivity contribution in [2.45, 2.75) is 13.5 Å². The first kappa shape index (κ1) is 18.0. The van der Waals surface area contributed by atoms with Gasteiger partial charge in [0.2, 0.25) is 0 Å². The molecule has 140 valence electrons.